The van der Waals surface area contributed by atoms with E-state index in [1.807, 2.05) is 6.92 Å². The Morgan fingerprint density at radius 3 is 2.53 bits per heavy atom. The van der Waals surface area contributed by atoms with Gasteiger partial charge in [0.05, 0.1) is 11.3 Å². The van der Waals surface area contributed by atoms with E-state index in [4.69, 9.17) is 0 Å². The molecule has 0 bridgehead atoms. The van der Waals surface area contributed by atoms with Gasteiger partial charge in [-0.3, -0.25) is 0 Å². The van der Waals surface area contributed by atoms with Crippen molar-refractivity contribution in [1.29, 1.82) is 0 Å². The Hall–Kier alpha value is -1.01. The Kier molecular flexibility index (Phi) is 5.04. The minimum Gasteiger partial charge on any atom is -0.364 e. The molecule has 0 unspecified atom stereocenters. The van der Waals surface area contributed by atoms with E-state index in [2.05, 4.69) is 5.32 Å². The second kappa shape index (κ2) is 5.96. The monoisotopic (exact) mass is 298 g/mol. The Balaban J connectivity index is 0.00000180. The molecular weight excluding hydrogens is 284 g/mol. The first-order chi connectivity index (χ1) is 8.39. The molecule has 1 fully saturated rings. The Bertz CT molecular complexity index is 436. The summed E-state index contributed by atoms with van der Waals surface area (Å²) in [6, 6.07) is 2.75. The molecule has 2 rings (SSSR count). The average Bonchev–Trinajstić information content (AvgIpc) is 2.29. The van der Waals surface area contributed by atoms with Crippen LogP contribution in [0.5, 0.6) is 0 Å². The van der Waals surface area contributed by atoms with E-state index in [9.17, 15) is 17.6 Å². The highest BCUT2D eigenvalue weighted by Crippen LogP contribution is 2.32. The third-order valence-corrected chi connectivity index (χ3v) is 3.09. The van der Waals surface area contributed by atoms with Gasteiger partial charge in [0.1, 0.15) is 5.82 Å². The van der Waals surface area contributed by atoms with Gasteiger partial charge in [0.25, 0.3) is 0 Å². The Labute approximate surface area is 115 Å². The molecule has 1 aromatic rings. The number of nitrogens with one attached hydrogen (secondary N) is 1. The molecule has 0 aromatic heterocycles. The first-order valence-corrected chi connectivity index (χ1v) is 5.73. The number of halogens is 5. The molecule has 0 spiro atoms. The SMILES string of the molecule is C[C@@H]1CNCCN1c1ccc(C(F)(F)F)cc1F.Cl. The highest BCUT2D eigenvalue weighted by atomic mass is 35.5. The quantitative estimate of drug-likeness (QED) is 0.802. The zero-order chi connectivity index (χ0) is 13.3. The molecule has 1 aliphatic rings. The second-order valence-corrected chi connectivity index (χ2v) is 4.41. The fraction of sp³-hybridized carbons (Fsp3) is 0.500. The minimum absolute atomic E-state index is 0. The van der Waals surface area contributed by atoms with Crippen LogP contribution in [0.25, 0.3) is 0 Å². The number of alkyl halides is 3. The van der Waals surface area contributed by atoms with Gasteiger partial charge in [0.15, 0.2) is 0 Å². The van der Waals surface area contributed by atoms with E-state index in [0.717, 1.165) is 6.07 Å². The first-order valence-electron chi connectivity index (χ1n) is 5.73. The normalized spacial score (nSPS) is 20.1. The van der Waals surface area contributed by atoms with Gasteiger partial charge in [0.2, 0.25) is 0 Å². The van der Waals surface area contributed by atoms with Gasteiger partial charge in [0, 0.05) is 25.7 Å². The van der Waals surface area contributed by atoms with Gasteiger partial charge in [-0.25, -0.2) is 4.39 Å². The van der Waals surface area contributed by atoms with Crippen LogP contribution in [-0.2, 0) is 6.18 Å². The maximum Gasteiger partial charge on any atom is 0.416 e. The third-order valence-electron chi connectivity index (χ3n) is 3.09. The van der Waals surface area contributed by atoms with E-state index >= 15 is 0 Å². The minimum atomic E-state index is -4.51. The fourth-order valence-electron chi connectivity index (χ4n) is 2.12. The molecule has 1 aromatic carbocycles. The van der Waals surface area contributed by atoms with Crippen molar-refractivity contribution >= 4 is 18.1 Å². The summed E-state index contributed by atoms with van der Waals surface area (Å²) in [6.07, 6.45) is -4.51. The van der Waals surface area contributed by atoms with Crippen LogP contribution in [0.1, 0.15) is 12.5 Å². The van der Waals surface area contributed by atoms with E-state index in [1.54, 1.807) is 4.90 Å². The molecule has 0 saturated carbocycles. The van der Waals surface area contributed by atoms with Crippen molar-refractivity contribution in [2.24, 2.45) is 0 Å². The van der Waals surface area contributed by atoms with Crippen molar-refractivity contribution in [3.63, 3.8) is 0 Å². The summed E-state index contributed by atoms with van der Waals surface area (Å²) < 4.78 is 51.1. The zero-order valence-corrected chi connectivity index (χ0v) is 11.1. The van der Waals surface area contributed by atoms with Crippen LogP contribution < -0.4 is 10.2 Å². The molecule has 19 heavy (non-hydrogen) atoms. The van der Waals surface area contributed by atoms with Crippen LogP contribution in [0, 0.1) is 5.82 Å². The standard InChI is InChI=1S/C12H14F4N2.ClH/c1-8-7-17-4-5-18(8)11-3-2-9(6-10(11)13)12(14,15)16;/h2-3,6,8,17H,4-5,7H2,1H3;1H/t8-;/m1./s1. The van der Waals surface area contributed by atoms with Crippen LogP contribution in [0.15, 0.2) is 18.2 Å². The molecule has 7 heteroatoms. The van der Waals surface area contributed by atoms with Gasteiger partial charge in [-0.2, -0.15) is 13.2 Å². The predicted octanol–water partition coefficient (Wildman–Crippen LogP) is 3.06. The maximum atomic E-state index is 13.8. The van der Waals surface area contributed by atoms with Crippen LogP contribution in [0.4, 0.5) is 23.2 Å². The third kappa shape index (κ3) is 3.51. The van der Waals surface area contributed by atoms with Crippen molar-refractivity contribution in [3.05, 3.63) is 29.6 Å². The topological polar surface area (TPSA) is 15.3 Å². The lowest BCUT2D eigenvalue weighted by atomic mass is 10.1. The summed E-state index contributed by atoms with van der Waals surface area (Å²) in [6.45, 7) is 3.89. The lowest BCUT2D eigenvalue weighted by molar-refractivity contribution is -0.137. The van der Waals surface area contributed by atoms with Gasteiger partial charge in [-0.05, 0) is 25.1 Å². The van der Waals surface area contributed by atoms with Crippen LogP contribution in [0.2, 0.25) is 0 Å². The van der Waals surface area contributed by atoms with E-state index < -0.39 is 17.6 Å². The van der Waals surface area contributed by atoms with Crippen molar-refractivity contribution in [1.82, 2.24) is 5.32 Å². The van der Waals surface area contributed by atoms with Gasteiger partial charge >= 0.3 is 6.18 Å². The van der Waals surface area contributed by atoms with Gasteiger partial charge in [-0.1, -0.05) is 0 Å². The number of anilines is 1. The molecule has 0 aliphatic carbocycles. The number of rotatable bonds is 1. The maximum absolute atomic E-state index is 13.8. The summed E-state index contributed by atoms with van der Waals surface area (Å²) in [4.78, 5) is 1.78. The van der Waals surface area contributed by atoms with Crippen molar-refractivity contribution in [2.45, 2.75) is 19.1 Å². The Morgan fingerprint density at radius 1 is 1.32 bits per heavy atom. The van der Waals surface area contributed by atoms with Crippen LogP contribution in [-0.4, -0.2) is 25.7 Å². The largest absolute Gasteiger partial charge is 0.416 e. The average molecular weight is 299 g/mol. The van der Waals surface area contributed by atoms with Gasteiger partial charge in [-0.15, -0.1) is 12.4 Å². The molecule has 0 radical (unpaired) electrons. The Morgan fingerprint density at radius 2 is 2.00 bits per heavy atom. The molecule has 108 valence electrons. The zero-order valence-electron chi connectivity index (χ0n) is 10.3. The molecule has 1 aliphatic heterocycles. The van der Waals surface area contributed by atoms with Crippen LogP contribution >= 0.6 is 12.4 Å². The van der Waals surface area contributed by atoms with Crippen molar-refractivity contribution in [2.75, 3.05) is 24.5 Å². The lowest BCUT2D eigenvalue weighted by Gasteiger charge is -2.36. The van der Waals surface area contributed by atoms with Crippen molar-refractivity contribution in [3.8, 4) is 0 Å². The summed E-state index contributed by atoms with van der Waals surface area (Å²) in [7, 11) is 0. The molecular formula is C12H15ClF4N2. The van der Waals surface area contributed by atoms with E-state index in [1.165, 1.54) is 6.07 Å². The first kappa shape index (κ1) is 16.0. The highest BCUT2D eigenvalue weighted by Gasteiger charge is 2.32. The molecule has 1 atom stereocenters. The molecule has 2 nitrogen and oxygen atoms in total. The summed E-state index contributed by atoms with van der Waals surface area (Å²) in [5, 5.41) is 3.15. The summed E-state index contributed by atoms with van der Waals surface area (Å²) >= 11 is 0. The summed E-state index contributed by atoms with van der Waals surface area (Å²) in [5.74, 6) is -0.821. The summed E-state index contributed by atoms with van der Waals surface area (Å²) in [5.41, 5.74) is -0.719. The molecule has 1 N–H and O–H groups in total. The van der Waals surface area contributed by atoms with Gasteiger partial charge < -0.3 is 10.2 Å². The molecule has 0 amide bonds. The van der Waals surface area contributed by atoms with Crippen molar-refractivity contribution < 1.29 is 17.6 Å². The molecule has 1 saturated heterocycles. The number of hydrogen-bond donors (Lipinski definition) is 1. The van der Waals surface area contributed by atoms with E-state index in [-0.39, 0.29) is 24.1 Å². The number of benzene rings is 1. The fourth-order valence-corrected chi connectivity index (χ4v) is 2.12. The predicted molar refractivity (Wildman–Crippen MR) is 68.3 cm³/mol. The number of hydrogen-bond acceptors (Lipinski definition) is 2. The molecule has 1 heterocycles. The lowest BCUT2D eigenvalue weighted by Crippen LogP contribution is -2.50. The van der Waals surface area contributed by atoms with E-state index in [0.29, 0.717) is 25.7 Å². The smallest absolute Gasteiger partial charge is 0.364 e. The number of piperazine rings is 1. The number of nitrogens with zero attached hydrogens (tertiary/aromatic N) is 1. The second-order valence-electron chi connectivity index (χ2n) is 4.41. The van der Waals surface area contributed by atoms with Crippen LogP contribution in [0.3, 0.4) is 0 Å². The highest BCUT2D eigenvalue weighted by molar-refractivity contribution is 5.85.